The van der Waals surface area contributed by atoms with Crippen molar-refractivity contribution in [2.75, 3.05) is 6.54 Å². The first kappa shape index (κ1) is 10.5. The minimum Gasteiger partial charge on any atom is -0.387 e. The number of nitrogens with one attached hydrogen (secondary N) is 1. The zero-order chi connectivity index (χ0) is 11.5. The average Bonchev–Trinajstić information content (AvgIpc) is 2.29. The van der Waals surface area contributed by atoms with Gasteiger partial charge in [0.15, 0.2) is 0 Å². The molecule has 0 aromatic heterocycles. The lowest BCUT2D eigenvalue weighted by Gasteiger charge is -2.16. The molecule has 1 heterocycles. The van der Waals surface area contributed by atoms with E-state index in [0.717, 1.165) is 16.7 Å². The third-order valence-electron chi connectivity index (χ3n) is 2.70. The van der Waals surface area contributed by atoms with Crippen LogP contribution in [0.1, 0.15) is 11.1 Å². The highest BCUT2D eigenvalue weighted by Gasteiger charge is 2.15. The first-order chi connectivity index (χ1) is 7.70. The third-order valence-corrected chi connectivity index (χ3v) is 2.70. The number of aryl methyl sites for hydroxylation is 1. The zero-order valence-electron chi connectivity index (χ0n) is 9.16. The molecule has 1 aliphatic heterocycles. The Morgan fingerprint density at radius 2 is 2.12 bits per heavy atom. The molecule has 0 spiro atoms. The van der Waals surface area contributed by atoms with E-state index in [4.69, 9.17) is 5.73 Å². The molecule has 0 aliphatic carbocycles. The highest BCUT2D eigenvalue weighted by molar-refractivity contribution is 6.03. The fraction of sp³-hybridized carbons (Fsp3) is 0.154. The van der Waals surface area contributed by atoms with Crippen molar-refractivity contribution in [1.82, 2.24) is 5.32 Å². The molecular formula is C13H14N2O. The van der Waals surface area contributed by atoms with Gasteiger partial charge >= 0.3 is 0 Å². The van der Waals surface area contributed by atoms with E-state index in [1.807, 2.05) is 43.5 Å². The van der Waals surface area contributed by atoms with Crippen LogP contribution in [0.25, 0.3) is 5.57 Å². The highest BCUT2D eigenvalue weighted by Crippen LogP contribution is 2.24. The number of carbonyl (C=O) groups excluding carboxylic acids is 1. The van der Waals surface area contributed by atoms with Crippen LogP contribution in [-0.4, -0.2) is 12.5 Å². The molecule has 0 unspecified atom stereocenters. The normalized spacial score (nSPS) is 14.8. The number of allylic oxidation sites excluding steroid dienone is 2. The number of amides is 1. The molecule has 1 aromatic carbocycles. The Morgan fingerprint density at radius 1 is 1.38 bits per heavy atom. The van der Waals surface area contributed by atoms with Crippen molar-refractivity contribution >= 4 is 11.5 Å². The van der Waals surface area contributed by atoms with E-state index in [2.05, 4.69) is 5.32 Å². The summed E-state index contributed by atoms with van der Waals surface area (Å²) in [6, 6.07) is 7.97. The van der Waals surface area contributed by atoms with Gasteiger partial charge in [0.1, 0.15) is 0 Å². The first-order valence-electron chi connectivity index (χ1n) is 5.19. The summed E-state index contributed by atoms with van der Waals surface area (Å²) in [6.45, 7) is 2.52. The molecule has 1 amide bonds. The van der Waals surface area contributed by atoms with E-state index in [1.165, 1.54) is 0 Å². The van der Waals surface area contributed by atoms with Crippen LogP contribution in [-0.2, 0) is 4.79 Å². The monoisotopic (exact) mass is 214 g/mol. The van der Waals surface area contributed by atoms with Crippen LogP contribution in [0.4, 0.5) is 0 Å². The Balaban J connectivity index is 2.57. The van der Waals surface area contributed by atoms with Crippen LogP contribution >= 0.6 is 0 Å². The smallest absolute Gasteiger partial charge is 0.247 e. The predicted molar refractivity (Wildman–Crippen MR) is 64.4 cm³/mol. The van der Waals surface area contributed by atoms with Gasteiger partial charge in [0, 0.05) is 12.1 Å². The maximum atomic E-state index is 11.3. The number of hydrogen-bond donors (Lipinski definition) is 2. The van der Waals surface area contributed by atoms with Gasteiger partial charge in [-0.1, -0.05) is 24.3 Å². The maximum Gasteiger partial charge on any atom is 0.247 e. The Bertz CT molecular complexity index is 486. The van der Waals surface area contributed by atoms with Crippen molar-refractivity contribution in [2.45, 2.75) is 6.92 Å². The van der Waals surface area contributed by atoms with Gasteiger partial charge in [-0.05, 0) is 35.9 Å². The molecular weight excluding hydrogens is 200 g/mol. The van der Waals surface area contributed by atoms with Crippen molar-refractivity contribution in [2.24, 2.45) is 5.73 Å². The minimum absolute atomic E-state index is 0.366. The van der Waals surface area contributed by atoms with E-state index in [9.17, 15) is 4.79 Å². The van der Waals surface area contributed by atoms with E-state index >= 15 is 0 Å². The van der Waals surface area contributed by atoms with Gasteiger partial charge in [-0.3, -0.25) is 4.79 Å². The number of rotatable bonds is 2. The summed E-state index contributed by atoms with van der Waals surface area (Å²) < 4.78 is 0. The average molecular weight is 214 g/mol. The lowest BCUT2D eigenvalue weighted by atomic mass is 9.94. The largest absolute Gasteiger partial charge is 0.387 e. The van der Waals surface area contributed by atoms with Crippen LogP contribution in [0.5, 0.6) is 0 Å². The minimum atomic E-state index is -0.366. The summed E-state index contributed by atoms with van der Waals surface area (Å²) in [7, 11) is 0. The van der Waals surface area contributed by atoms with Crippen molar-refractivity contribution in [3.05, 3.63) is 53.2 Å². The lowest BCUT2D eigenvalue weighted by molar-refractivity contribution is -0.114. The maximum absolute atomic E-state index is 11.3. The molecule has 2 rings (SSSR count). The first-order valence-corrected chi connectivity index (χ1v) is 5.19. The second-order valence-electron chi connectivity index (χ2n) is 3.79. The van der Waals surface area contributed by atoms with Gasteiger partial charge in [-0.15, -0.1) is 0 Å². The van der Waals surface area contributed by atoms with Gasteiger partial charge in [0.2, 0.25) is 5.91 Å². The van der Waals surface area contributed by atoms with Crippen LogP contribution in [0, 0.1) is 6.92 Å². The van der Waals surface area contributed by atoms with Crippen LogP contribution in [0.2, 0.25) is 0 Å². The SMILES string of the molecule is Cc1ccccc1C1=C(C(N)=O)CNC=C1. The quantitative estimate of drug-likeness (QED) is 0.780. The molecule has 0 saturated carbocycles. The fourth-order valence-corrected chi connectivity index (χ4v) is 1.85. The molecule has 0 radical (unpaired) electrons. The lowest BCUT2D eigenvalue weighted by Crippen LogP contribution is -2.26. The molecule has 16 heavy (non-hydrogen) atoms. The van der Waals surface area contributed by atoms with Crippen molar-refractivity contribution in [3.63, 3.8) is 0 Å². The Morgan fingerprint density at radius 3 is 2.81 bits per heavy atom. The number of hydrogen-bond acceptors (Lipinski definition) is 2. The predicted octanol–water partition coefficient (Wildman–Crippen LogP) is 1.35. The van der Waals surface area contributed by atoms with Crippen LogP contribution in [0.15, 0.2) is 42.1 Å². The Hall–Kier alpha value is -2.03. The summed E-state index contributed by atoms with van der Waals surface area (Å²) in [5, 5.41) is 3.00. The van der Waals surface area contributed by atoms with Gasteiger partial charge in [-0.2, -0.15) is 0 Å². The standard InChI is InChI=1S/C13H14N2O/c1-9-4-2-3-5-10(9)11-6-7-15-8-12(11)13(14)16/h2-7,15H,8H2,1H3,(H2,14,16). The van der Waals surface area contributed by atoms with E-state index in [0.29, 0.717) is 12.1 Å². The van der Waals surface area contributed by atoms with Crippen LogP contribution in [0.3, 0.4) is 0 Å². The molecule has 0 bridgehead atoms. The summed E-state index contributed by atoms with van der Waals surface area (Å²) in [5.74, 6) is -0.366. The second-order valence-corrected chi connectivity index (χ2v) is 3.79. The molecule has 0 atom stereocenters. The molecule has 3 heteroatoms. The summed E-state index contributed by atoms with van der Waals surface area (Å²) in [5.41, 5.74) is 9.14. The second kappa shape index (κ2) is 4.23. The number of benzene rings is 1. The van der Waals surface area contributed by atoms with Crippen LogP contribution < -0.4 is 11.1 Å². The summed E-state index contributed by atoms with van der Waals surface area (Å²) in [4.78, 5) is 11.3. The third kappa shape index (κ3) is 1.84. The highest BCUT2D eigenvalue weighted by atomic mass is 16.1. The van der Waals surface area contributed by atoms with E-state index < -0.39 is 0 Å². The van der Waals surface area contributed by atoms with Gasteiger partial charge in [0.05, 0.1) is 0 Å². The summed E-state index contributed by atoms with van der Waals surface area (Å²) >= 11 is 0. The zero-order valence-corrected chi connectivity index (χ0v) is 9.16. The molecule has 3 nitrogen and oxygen atoms in total. The molecule has 3 N–H and O–H groups in total. The molecule has 1 aromatic rings. The Kier molecular flexibility index (Phi) is 2.77. The number of dihydropyridines is 1. The molecule has 1 aliphatic rings. The molecule has 82 valence electrons. The van der Waals surface area contributed by atoms with Gasteiger partial charge < -0.3 is 11.1 Å². The van der Waals surface area contributed by atoms with Crippen molar-refractivity contribution in [3.8, 4) is 0 Å². The van der Waals surface area contributed by atoms with Crippen molar-refractivity contribution in [1.29, 1.82) is 0 Å². The number of carbonyl (C=O) groups is 1. The van der Waals surface area contributed by atoms with Crippen molar-refractivity contribution < 1.29 is 4.79 Å². The Labute approximate surface area is 94.7 Å². The van der Waals surface area contributed by atoms with E-state index in [1.54, 1.807) is 0 Å². The number of primary amides is 1. The molecule has 0 saturated heterocycles. The molecule has 0 fully saturated rings. The van der Waals surface area contributed by atoms with Gasteiger partial charge in [0.25, 0.3) is 0 Å². The van der Waals surface area contributed by atoms with E-state index in [-0.39, 0.29) is 5.91 Å². The van der Waals surface area contributed by atoms with Gasteiger partial charge in [-0.25, -0.2) is 0 Å². The summed E-state index contributed by atoms with van der Waals surface area (Å²) in [6.07, 6.45) is 3.74. The number of nitrogens with two attached hydrogens (primary N) is 1. The fourth-order valence-electron chi connectivity index (χ4n) is 1.85. The topological polar surface area (TPSA) is 55.1 Å².